The molecule has 1 aliphatic heterocycles. The van der Waals surface area contributed by atoms with Crippen molar-refractivity contribution in [3.05, 3.63) is 23.2 Å². The third-order valence-electron chi connectivity index (χ3n) is 3.60. The highest BCUT2D eigenvalue weighted by molar-refractivity contribution is 7.13. The minimum Gasteiger partial charge on any atom is -0.418 e. The molecule has 0 spiro atoms. The Morgan fingerprint density at radius 3 is 2.75 bits per heavy atom. The Morgan fingerprint density at radius 2 is 2.15 bits per heavy atom. The quantitative estimate of drug-likeness (QED) is 0.844. The maximum Gasteiger partial charge on any atom is 0.240 e. The van der Waals surface area contributed by atoms with E-state index in [0.717, 1.165) is 18.0 Å². The molecule has 20 heavy (non-hydrogen) atoms. The molecule has 4 nitrogen and oxygen atoms in total. The SMILES string of the molecule is C[C@@H]1C[C@@H](C)CN(c2oc(-c3cccs3)nc2C#N)C1. The monoisotopic (exact) mass is 287 g/mol. The third-order valence-corrected chi connectivity index (χ3v) is 4.46. The van der Waals surface area contributed by atoms with Crippen LogP contribution in [-0.4, -0.2) is 18.1 Å². The van der Waals surface area contributed by atoms with Gasteiger partial charge in [0.05, 0.1) is 4.88 Å². The van der Waals surface area contributed by atoms with Crippen LogP contribution in [0, 0.1) is 23.2 Å². The second kappa shape index (κ2) is 5.29. The Labute approximate surface area is 122 Å². The van der Waals surface area contributed by atoms with E-state index in [2.05, 4.69) is 29.8 Å². The number of hydrogen-bond donors (Lipinski definition) is 0. The molecule has 0 saturated carbocycles. The maximum atomic E-state index is 9.30. The van der Waals surface area contributed by atoms with Crippen molar-refractivity contribution in [2.24, 2.45) is 11.8 Å². The smallest absolute Gasteiger partial charge is 0.240 e. The van der Waals surface area contributed by atoms with Crippen LogP contribution in [0.15, 0.2) is 21.9 Å². The Balaban J connectivity index is 1.95. The molecule has 5 heteroatoms. The van der Waals surface area contributed by atoms with Crippen molar-refractivity contribution in [3.8, 4) is 16.8 Å². The van der Waals surface area contributed by atoms with Gasteiger partial charge in [0.15, 0.2) is 0 Å². The number of nitrogens with zero attached hydrogens (tertiary/aromatic N) is 3. The molecule has 0 N–H and O–H groups in total. The molecule has 1 aliphatic rings. The summed E-state index contributed by atoms with van der Waals surface area (Å²) in [5.74, 6) is 2.41. The van der Waals surface area contributed by atoms with E-state index in [1.807, 2.05) is 17.5 Å². The van der Waals surface area contributed by atoms with E-state index in [9.17, 15) is 5.26 Å². The highest BCUT2D eigenvalue weighted by atomic mass is 32.1. The molecule has 0 bridgehead atoms. The van der Waals surface area contributed by atoms with Crippen LogP contribution < -0.4 is 4.90 Å². The van der Waals surface area contributed by atoms with Gasteiger partial charge in [0, 0.05) is 13.1 Å². The Hall–Kier alpha value is -1.80. The van der Waals surface area contributed by atoms with Crippen molar-refractivity contribution in [1.29, 1.82) is 5.26 Å². The average molecular weight is 287 g/mol. The summed E-state index contributed by atoms with van der Waals surface area (Å²) in [6, 6.07) is 6.08. The molecule has 104 valence electrons. The van der Waals surface area contributed by atoms with Gasteiger partial charge in [0.1, 0.15) is 6.07 Å². The van der Waals surface area contributed by atoms with Gasteiger partial charge in [-0.05, 0) is 29.7 Å². The number of thiophene rings is 1. The van der Waals surface area contributed by atoms with Crippen LogP contribution in [0.1, 0.15) is 26.0 Å². The zero-order valence-electron chi connectivity index (χ0n) is 11.7. The number of aromatic nitrogens is 1. The minimum atomic E-state index is 0.398. The molecule has 0 unspecified atom stereocenters. The first kappa shape index (κ1) is 13.2. The third kappa shape index (κ3) is 2.44. The van der Waals surface area contributed by atoms with Gasteiger partial charge in [0.2, 0.25) is 17.5 Å². The van der Waals surface area contributed by atoms with Crippen molar-refractivity contribution in [3.63, 3.8) is 0 Å². The number of oxazole rings is 1. The van der Waals surface area contributed by atoms with E-state index in [4.69, 9.17) is 4.42 Å². The van der Waals surface area contributed by atoms with Crippen LogP contribution in [0.2, 0.25) is 0 Å². The largest absolute Gasteiger partial charge is 0.418 e. The van der Waals surface area contributed by atoms with E-state index in [-0.39, 0.29) is 0 Å². The van der Waals surface area contributed by atoms with E-state index < -0.39 is 0 Å². The summed E-state index contributed by atoms with van der Waals surface area (Å²) >= 11 is 1.57. The summed E-state index contributed by atoms with van der Waals surface area (Å²) in [6.45, 7) is 6.34. The highest BCUT2D eigenvalue weighted by Gasteiger charge is 2.27. The Morgan fingerprint density at radius 1 is 1.40 bits per heavy atom. The molecular weight excluding hydrogens is 270 g/mol. The summed E-state index contributed by atoms with van der Waals surface area (Å²) < 4.78 is 5.89. The molecule has 0 aliphatic carbocycles. The van der Waals surface area contributed by atoms with Crippen molar-refractivity contribution >= 4 is 17.2 Å². The molecule has 1 saturated heterocycles. The van der Waals surface area contributed by atoms with Crippen molar-refractivity contribution in [2.45, 2.75) is 20.3 Å². The maximum absolute atomic E-state index is 9.30. The molecule has 3 rings (SSSR count). The topological polar surface area (TPSA) is 53.1 Å². The van der Waals surface area contributed by atoms with Gasteiger partial charge in [-0.25, -0.2) is 0 Å². The highest BCUT2D eigenvalue weighted by Crippen LogP contribution is 2.33. The number of rotatable bonds is 2. The molecule has 2 aromatic rings. The van der Waals surface area contributed by atoms with Gasteiger partial charge in [-0.2, -0.15) is 10.2 Å². The van der Waals surface area contributed by atoms with Gasteiger partial charge >= 0.3 is 0 Å². The van der Waals surface area contributed by atoms with Crippen LogP contribution in [0.5, 0.6) is 0 Å². The molecular formula is C15H17N3OS. The second-order valence-electron chi connectivity index (χ2n) is 5.61. The fraction of sp³-hybridized carbons (Fsp3) is 0.467. The zero-order chi connectivity index (χ0) is 14.1. The fourth-order valence-corrected chi connectivity index (χ4v) is 3.58. The van der Waals surface area contributed by atoms with E-state index in [1.54, 1.807) is 11.3 Å². The average Bonchev–Trinajstić information content (AvgIpc) is 3.06. The first-order chi connectivity index (χ1) is 9.67. The fourth-order valence-electron chi connectivity index (χ4n) is 2.93. The summed E-state index contributed by atoms with van der Waals surface area (Å²) in [6.07, 6.45) is 1.23. The predicted molar refractivity (Wildman–Crippen MR) is 79.7 cm³/mol. The molecule has 1 fully saturated rings. The standard InChI is InChI=1S/C15H17N3OS/c1-10-6-11(2)9-18(8-10)15-12(7-16)17-14(19-15)13-4-3-5-20-13/h3-5,10-11H,6,8-9H2,1-2H3/t10-,11-/m1/s1. The van der Waals surface area contributed by atoms with Gasteiger partial charge < -0.3 is 9.32 Å². The molecule has 2 aromatic heterocycles. The lowest BCUT2D eigenvalue weighted by Crippen LogP contribution is -2.38. The van der Waals surface area contributed by atoms with Crippen LogP contribution in [0.25, 0.3) is 10.8 Å². The minimum absolute atomic E-state index is 0.398. The number of hydrogen-bond acceptors (Lipinski definition) is 5. The normalized spacial score (nSPS) is 22.8. The Kier molecular flexibility index (Phi) is 3.49. The summed E-state index contributed by atoms with van der Waals surface area (Å²) in [5.41, 5.74) is 0.398. The summed E-state index contributed by atoms with van der Waals surface area (Å²) in [4.78, 5) is 7.47. The number of piperidine rings is 1. The molecule has 2 atom stereocenters. The van der Waals surface area contributed by atoms with Crippen LogP contribution >= 0.6 is 11.3 Å². The van der Waals surface area contributed by atoms with E-state index in [0.29, 0.717) is 29.3 Å². The number of nitriles is 1. The van der Waals surface area contributed by atoms with Gasteiger partial charge in [-0.1, -0.05) is 19.9 Å². The summed E-state index contributed by atoms with van der Waals surface area (Å²) in [7, 11) is 0. The van der Waals surface area contributed by atoms with Gasteiger partial charge in [0.25, 0.3) is 0 Å². The lowest BCUT2D eigenvalue weighted by atomic mass is 9.92. The first-order valence-electron chi connectivity index (χ1n) is 6.87. The van der Waals surface area contributed by atoms with Crippen molar-refractivity contribution < 1.29 is 4.42 Å². The van der Waals surface area contributed by atoms with E-state index in [1.165, 1.54) is 6.42 Å². The lowest BCUT2D eigenvalue weighted by molar-refractivity contribution is 0.344. The second-order valence-corrected chi connectivity index (χ2v) is 6.56. The van der Waals surface area contributed by atoms with Crippen LogP contribution in [-0.2, 0) is 0 Å². The first-order valence-corrected chi connectivity index (χ1v) is 7.75. The lowest BCUT2D eigenvalue weighted by Gasteiger charge is -2.34. The summed E-state index contributed by atoms with van der Waals surface area (Å²) in [5, 5.41) is 11.3. The molecule has 0 amide bonds. The van der Waals surface area contributed by atoms with Crippen molar-refractivity contribution in [2.75, 3.05) is 18.0 Å². The van der Waals surface area contributed by atoms with Gasteiger partial charge in [-0.3, -0.25) is 0 Å². The van der Waals surface area contributed by atoms with E-state index >= 15 is 0 Å². The zero-order valence-corrected chi connectivity index (χ0v) is 12.5. The predicted octanol–water partition coefficient (Wildman–Crippen LogP) is 3.76. The van der Waals surface area contributed by atoms with Crippen molar-refractivity contribution in [1.82, 2.24) is 4.98 Å². The molecule has 0 aromatic carbocycles. The Bertz CT molecular complexity index is 616. The number of anilines is 1. The van der Waals surface area contributed by atoms with Crippen LogP contribution in [0.3, 0.4) is 0 Å². The molecule has 0 radical (unpaired) electrons. The van der Waals surface area contributed by atoms with Crippen LogP contribution in [0.4, 0.5) is 5.88 Å². The van der Waals surface area contributed by atoms with Gasteiger partial charge in [-0.15, -0.1) is 11.3 Å². The molecule has 3 heterocycles.